The zero-order valence-electron chi connectivity index (χ0n) is 11.5. The topological polar surface area (TPSA) is 21.3 Å². The number of halogens is 2. The Labute approximate surface area is 133 Å². The molecule has 0 aliphatic rings. The first kappa shape index (κ1) is 15.4. The normalized spacial score (nSPS) is 10.8. The average molecular weight is 355 g/mol. The second-order valence-corrected chi connectivity index (χ2v) is 6.18. The molecule has 1 N–H and O–H groups in total. The van der Waals surface area contributed by atoms with Gasteiger partial charge < -0.3 is 10.1 Å². The minimum absolute atomic E-state index is 0.478. The van der Waals surface area contributed by atoms with Crippen LogP contribution >= 0.6 is 27.5 Å². The van der Waals surface area contributed by atoms with Crippen molar-refractivity contribution in [2.24, 2.45) is 0 Å². The van der Waals surface area contributed by atoms with E-state index in [-0.39, 0.29) is 0 Å². The largest absolute Gasteiger partial charge is 0.456 e. The minimum atomic E-state index is 0.478. The van der Waals surface area contributed by atoms with E-state index in [0.717, 1.165) is 16.8 Å². The van der Waals surface area contributed by atoms with Gasteiger partial charge in [-0.1, -0.05) is 53.5 Å². The third-order valence-electron chi connectivity index (χ3n) is 2.76. The van der Waals surface area contributed by atoms with E-state index < -0.39 is 0 Å². The molecule has 2 rings (SSSR count). The molecule has 0 aliphatic carbocycles. The molecule has 20 heavy (non-hydrogen) atoms. The van der Waals surface area contributed by atoms with Crippen LogP contribution in [0.25, 0.3) is 0 Å². The lowest BCUT2D eigenvalue weighted by Gasteiger charge is -2.10. The highest BCUT2D eigenvalue weighted by Gasteiger charge is 2.04. The molecule has 0 saturated carbocycles. The summed E-state index contributed by atoms with van der Waals surface area (Å²) in [6.07, 6.45) is 0. The molecule has 2 aromatic carbocycles. The van der Waals surface area contributed by atoms with Crippen molar-refractivity contribution in [3.63, 3.8) is 0 Å². The molecule has 0 saturated heterocycles. The van der Waals surface area contributed by atoms with Crippen molar-refractivity contribution in [1.29, 1.82) is 0 Å². The van der Waals surface area contributed by atoms with E-state index in [9.17, 15) is 0 Å². The monoisotopic (exact) mass is 353 g/mol. The van der Waals surface area contributed by atoms with Gasteiger partial charge in [0, 0.05) is 17.1 Å². The first-order valence-electron chi connectivity index (χ1n) is 6.50. The molecule has 2 nitrogen and oxygen atoms in total. The van der Waals surface area contributed by atoms with Crippen LogP contribution < -0.4 is 10.1 Å². The van der Waals surface area contributed by atoms with Crippen LogP contribution in [0.3, 0.4) is 0 Å². The second kappa shape index (κ2) is 7.11. The summed E-state index contributed by atoms with van der Waals surface area (Å²) in [4.78, 5) is 0. The van der Waals surface area contributed by atoms with Gasteiger partial charge in [0.1, 0.15) is 11.5 Å². The molecular weight excluding hydrogens is 338 g/mol. The van der Waals surface area contributed by atoms with Gasteiger partial charge in [-0.05, 0) is 35.9 Å². The van der Waals surface area contributed by atoms with E-state index >= 15 is 0 Å². The first-order valence-corrected chi connectivity index (χ1v) is 7.67. The number of benzene rings is 2. The van der Waals surface area contributed by atoms with Crippen molar-refractivity contribution in [1.82, 2.24) is 5.32 Å². The summed E-state index contributed by atoms with van der Waals surface area (Å²) in [6, 6.07) is 14.0. The Bertz CT molecular complexity index is 569. The summed E-state index contributed by atoms with van der Waals surface area (Å²) >= 11 is 9.51. The predicted octanol–water partition coefficient (Wildman–Crippen LogP) is 5.39. The fourth-order valence-corrected chi connectivity index (χ4v) is 2.18. The molecule has 0 bridgehead atoms. The predicted molar refractivity (Wildman–Crippen MR) is 87.6 cm³/mol. The summed E-state index contributed by atoms with van der Waals surface area (Å²) in [5.74, 6) is 1.42. The minimum Gasteiger partial charge on any atom is -0.456 e. The number of ether oxygens (including phenoxy) is 1. The second-order valence-electron chi connectivity index (χ2n) is 4.86. The number of rotatable bonds is 5. The molecule has 0 amide bonds. The van der Waals surface area contributed by atoms with Crippen molar-refractivity contribution in [2.75, 3.05) is 0 Å². The maximum atomic E-state index is 6.11. The molecule has 0 fully saturated rings. The summed E-state index contributed by atoms with van der Waals surface area (Å²) in [5.41, 5.74) is 1.23. The van der Waals surface area contributed by atoms with Gasteiger partial charge in [-0.2, -0.15) is 0 Å². The Kier molecular flexibility index (Phi) is 5.46. The third-order valence-corrected chi connectivity index (χ3v) is 3.56. The maximum Gasteiger partial charge on any atom is 0.147 e. The van der Waals surface area contributed by atoms with Crippen LogP contribution in [0.4, 0.5) is 0 Å². The van der Waals surface area contributed by atoms with E-state index in [0.29, 0.717) is 16.8 Å². The molecule has 0 heterocycles. The zero-order chi connectivity index (χ0) is 14.5. The van der Waals surface area contributed by atoms with Crippen LogP contribution in [0.5, 0.6) is 11.5 Å². The molecular formula is C16H17BrClNO. The summed E-state index contributed by atoms with van der Waals surface area (Å²) in [6.45, 7) is 5.12. The van der Waals surface area contributed by atoms with Crippen LogP contribution in [-0.4, -0.2) is 6.04 Å². The van der Waals surface area contributed by atoms with Crippen molar-refractivity contribution in [3.05, 3.63) is 57.5 Å². The van der Waals surface area contributed by atoms with E-state index in [1.54, 1.807) is 0 Å². The van der Waals surface area contributed by atoms with Gasteiger partial charge >= 0.3 is 0 Å². The standard InChI is InChI=1S/C16H17BrClNO/c1-11(2)19-10-12-3-6-14(7-4-12)20-16-9-13(17)5-8-15(16)18/h3-9,11,19H,10H2,1-2H3. The van der Waals surface area contributed by atoms with Gasteiger partial charge in [0.15, 0.2) is 0 Å². The Morgan fingerprint density at radius 2 is 1.85 bits per heavy atom. The Morgan fingerprint density at radius 3 is 2.50 bits per heavy atom. The van der Waals surface area contributed by atoms with Gasteiger partial charge in [-0.3, -0.25) is 0 Å². The van der Waals surface area contributed by atoms with Crippen LogP contribution in [0, 0.1) is 0 Å². The van der Waals surface area contributed by atoms with Crippen LogP contribution in [-0.2, 0) is 6.54 Å². The Hall–Kier alpha value is -1.03. The summed E-state index contributed by atoms with van der Waals surface area (Å²) < 4.78 is 6.73. The lowest BCUT2D eigenvalue weighted by molar-refractivity contribution is 0.482. The molecule has 0 spiro atoms. The molecule has 0 atom stereocenters. The summed E-state index contributed by atoms with van der Waals surface area (Å²) in [7, 11) is 0. The third kappa shape index (κ3) is 4.51. The molecule has 0 radical (unpaired) electrons. The Morgan fingerprint density at radius 1 is 1.15 bits per heavy atom. The summed E-state index contributed by atoms with van der Waals surface area (Å²) in [5, 5.41) is 3.98. The van der Waals surface area contributed by atoms with Gasteiger partial charge in [-0.15, -0.1) is 0 Å². The van der Waals surface area contributed by atoms with Crippen molar-refractivity contribution in [3.8, 4) is 11.5 Å². The molecule has 4 heteroatoms. The highest BCUT2D eigenvalue weighted by molar-refractivity contribution is 9.10. The van der Waals surface area contributed by atoms with Crippen LogP contribution in [0.2, 0.25) is 5.02 Å². The highest BCUT2D eigenvalue weighted by Crippen LogP contribution is 2.31. The molecule has 0 unspecified atom stereocenters. The molecule has 2 aromatic rings. The van der Waals surface area contributed by atoms with Gasteiger partial charge in [-0.25, -0.2) is 0 Å². The van der Waals surface area contributed by atoms with Gasteiger partial charge in [0.05, 0.1) is 5.02 Å². The van der Waals surface area contributed by atoms with E-state index in [1.165, 1.54) is 5.56 Å². The van der Waals surface area contributed by atoms with Crippen molar-refractivity contribution in [2.45, 2.75) is 26.4 Å². The van der Waals surface area contributed by atoms with E-state index in [2.05, 4.69) is 47.2 Å². The molecule has 106 valence electrons. The van der Waals surface area contributed by atoms with Crippen LogP contribution in [0.15, 0.2) is 46.9 Å². The fourth-order valence-electron chi connectivity index (χ4n) is 1.68. The highest BCUT2D eigenvalue weighted by atomic mass is 79.9. The Balaban J connectivity index is 2.05. The molecule has 0 aliphatic heterocycles. The van der Waals surface area contributed by atoms with E-state index in [4.69, 9.17) is 16.3 Å². The maximum absolute atomic E-state index is 6.11. The van der Waals surface area contributed by atoms with Crippen molar-refractivity contribution < 1.29 is 4.74 Å². The van der Waals surface area contributed by atoms with Crippen LogP contribution in [0.1, 0.15) is 19.4 Å². The SMILES string of the molecule is CC(C)NCc1ccc(Oc2cc(Br)ccc2Cl)cc1. The first-order chi connectivity index (χ1) is 9.54. The zero-order valence-corrected chi connectivity index (χ0v) is 13.8. The smallest absolute Gasteiger partial charge is 0.147 e. The van der Waals surface area contributed by atoms with Gasteiger partial charge in [0.25, 0.3) is 0 Å². The molecule has 0 aromatic heterocycles. The quantitative estimate of drug-likeness (QED) is 0.777. The average Bonchev–Trinajstić information content (AvgIpc) is 2.42. The lowest BCUT2D eigenvalue weighted by Crippen LogP contribution is -2.21. The number of hydrogen-bond acceptors (Lipinski definition) is 2. The number of nitrogens with one attached hydrogen (secondary N) is 1. The number of hydrogen-bond donors (Lipinski definition) is 1. The van der Waals surface area contributed by atoms with E-state index in [1.807, 2.05) is 30.3 Å². The fraction of sp³-hybridized carbons (Fsp3) is 0.250. The van der Waals surface area contributed by atoms with Crippen molar-refractivity contribution >= 4 is 27.5 Å². The van der Waals surface area contributed by atoms with Gasteiger partial charge in [0.2, 0.25) is 0 Å². The lowest BCUT2D eigenvalue weighted by atomic mass is 10.2.